The normalized spacial score (nSPS) is 14.4. The highest BCUT2D eigenvalue weighted by Crippen LogP contribution is 2.54. The summed E-state index contributed by atoms with van der Waals surface area (Å²) in [6.45, 7) is 14.0. The summed E-state index contributed by atoms with van der Waals surface area (Å²) in [6, 6.07) is 72.9. The predicted molar refractivity (Wildman–Crippen MR) is 324 cm³/mol. The summed E-state index contributed by atoms with van der Waals surface area (Å²) in [6.07, 6.45) is 12.7. The lowest BCUT2D eigenvalue weighted by Crippen LogP contribution is -2.17. The number of hydrogen-bond donors (Lipinski definition) is 0. The first-order valence-corrected chi connectivity index (χ1v) is 27.0. The van der Waals surface area contributed by atoms with Crippen LogP contribution >= 0.6 is 0 Å². The second kappa shape index (κ2) is 18.7. The van der Waals surface area contributed by atoms with E-state index < -0.39 is 0 Å². The van der Waals surface area contributed by atoms with Crippen LogP contribution in [-0.2, 0) is 16.2 Å². The van der Waals surface area contributed by atoms with Crippen LogP contribution in [0.5, 0.6) is 0 Å². The van der Waals surface area contributed by atoms with Gasteiger partial charge in [0.2, 0.25) is 0 Å². The van der Waals surface area contributed by atoms with Crippen molar-refractivity contribution in [2.75, 3.05) is 9.80 Å². The van der Waals surface area contributed by atoms with E-state index in [2.05, 4.69) is 197 Å². The highest BCUT2D eigenvalue weighted by atomic mass is 15.2. The van der Waals surface area contributed by atoms with Crippen molar-refractivity contribution in [1.82, 2.24) is 9.97 Å². The Morgan fingerprint density at radius 3 is 0.886 bits per heavy atom. The molecular weight excluding hydrogens is 961 g/mol. The van der Waals surface area contributed by atoms with E-state index in [1.165, 1.54) is 89.0 Å². The van der Waals surface area contributed by atoms with Gasteiger partial charge in [0.1, 0.15) is 11.6 Å². The van der Waals surface area contributed by atoms with Crippen molar-refractivity contribution in [2.45, 2.75) is 57.8 Å². The second-order valence-corrected chi connectivity index (χ2v) is 22.6. The van der Waals surface area contributed by atoms with E-state index in [0.717, 1.165) is 34.4 Å². The standard InChI is InChI=1S/C73H56N6/c1-71(2)63-39-47(13-15-49-23-33-59-61-35-29-55(43-67(61)72(3,4)65(59)41-49)78(69-11-7-9-37-76-69)53-25-17-51(45-74)18-26-53)21-31-57(63)58-32-22-48(40-64(58)71)14-16-50-24-34-60-62-36-30-56(44-68(62)73(5,6)66(60)42-50)79(70-12-8-10-38-77-70)54-27-19-52(46-75)20-28-54/h7-44H,1-6H3/b15-13+,16-14+. The summed E-state index contributed by atoms with van der Waals surface area (Å²) < 4.78 is 0. The van der Waals surface area contributed by atoms with Crippen LogP contribution < -0.4 is 9.80 Å². The van der Waals surface area contributed by atoms with E-state index >= 15 is 0 Å². The predicted octanol–water partition coefficient (Wildman–Crippen LogP) is 18.4. The summed E-state index contributed by atoms with van der Waals surface area (Å²) >= 11 is 0. The molecule has 0 N–H and O–H groups in total. The minimum atomic E-state index is -0.237. The Morgan fingerprint density at radius 2 is 0.608 bits per heavy atom. The lowest BCUT2D eigenvalue weighted by Gasteiger charge is -2.27. The van der Waals surface area contributed by atoms with Gasteiger partial charge in [-0.25, -0.2) is 9.97 Å². The van der Waals surface area contributed by atoms with E-state index in [1.54, 1.807) is 0 Å². The molecule has 10 aromatic rings. The molecule has 6 nitrogen and oxygen atoms in total. The average molecular weight is 1020 g/mol. The molecule has 13 rings (SSSR count). The fourth-order valence-corrected chi connectivity index (χ4v) is 12.5. The maximum absolute atomic E-state index is 9.50. The van der Waals surface area contributed by atoms with Gasteiger partial charge in [-0.05, 0) is 186 Å². The van der Waals surface area contributed by atoms with Crippen molar-refractivity contribution < 1.29 is 0 Å². The van der Waals surface area contributed by atoms with Crippen molar-refractivity contribution in [3.8, 4) is 45.5 Å². The lowest BCUT2D eigenvalue weighted by atomic mass is 9.81. The van der Waals surface area contributed by atoms with Crippen LogP contribution in [0.25, 0.3) is 57.7 Å². The molecule has 2 heterocycles. The van der Waals surface area contributed by atoms with Crippen LogP contribution in [0.2, 0.25) is 0 Å². The van der Waals surface area contributed by atoms with E-state index in [4.69, 9.17) is 9.97 Å². The molecular formula is C73H56N6. The van der Waals surface area contributed by atoms with Crippen molar-refractivity contribution >= 4 is 58.7 Å². The molecule has 0 radical (unpaired) electrons. The van der Waals surface area contributed by atoms with Crippen molar-refractivity contribution in [2.24, 2.45) is 0 Å². The van der Waals surface area contributed by atoms with Gasteiger partial charge in [0.25, 0.3) is 0 Å². The zero-order valence-corrected chi connectivity index (χ0v) is 45.1. The molecule has 0 saturated heterocycles. The number of fused-ring (bicyclic) bond motifs is 9. The van der Waals surface area contributed by atoms with Crippen LogP contribution in [0, 0.1) is 22.7 Å². The Balaban J connectivity index is 0.728. The number of pyridine rings is 2. The first-order valence-electron chi connectivity index (χ1n) is 27.0. The molecule has 0 atom stereocenters. The van der Waals surface area contributed by atoms with Crippen molar-refractivity contribution in [3.05, 3.63) is 273 Å². The fraction of sp³-hybridized carbons (Fsp3) is 0.123. The molecule has 6 heteroatoms. The molecule has 0 amide bonds. The molecule has 0 bridgehead atoms. The van der Waals surface area contributed by atoms with E-state index in [1.807, 2.05) is 97.3 Å². The SMILES string of the molecule is CC1(C)c2cc(/C=C/c3ccc4c(c3)C(C)(C)c3cc(N(c5ccc(C#N)cc5)c5ccccn5)ccc3-4)ccc2-c2ccc(/C=C/c3ccc4c(c3)C(C)(C)c3cc(N(c5ccc(C#N)cc5)c5ccccn5)ccc3-4)cc21. The minimum absolute atomic E-state index is 0.179. The Morgan fingerprint density at radius 1 is 0.329 bits per heavy atom. The van der Waals surface area contributed by atoms with E-state index in [9.17, 15) is 10.5 Å². The first kappa shape index (κ1) is 48.7. The molecule has 0 saturated carbocycles. The number of rotatable bonds is 10. The average Bonchev–Trinajstić information content (AvgIpc) is 4.21. The highest BCUT2D eigenvalue weighted by molar-refractivity contribution is 5.90. The number of nitriles is 2. The number of hydrogen-bond acceptors (Lipinski definition) is 6. The van der Waals surface area contributed by atoms with Gasteiger partial charge in [-0.1, -0.05) is 163 Å². The quantitative estimate of drug-likeness (QED) is 0.127. The summed E-state index contributed by atoms with van der Waals surface area (Å²) in [5.41, 5.74) is 24.7. The van der Waals surface area contributed by atoms with Crippen LogP contribution in [0.4, 0.5) is 34.4 Å². The molecule has 0 aliphatic heterocycles. The summed E-state index contributed by atoms with van der Waals surface area (Å²) in [5.74, 6) is 1.63. The maximum atomic E-state index is 9.50. The maximum Gasteiger partial charge on any atom is 0.137 e. The molecule has 378 valence electrons. The Bertz CT molecular complexity index is 3950. The molecule has 8 aromatic carbocycles. The van der Waals surface area contributed by atoms with Crippen LogP contribution in [0.15, 0.2) is 207 Å². The molecule has 2 aromatic heterocycles. The van der Waals surface area contributed by atoms with Crippen LogP contribution in [0.1, 0.15) is 108 Å². The largest absolute Gasteiger partial charge is 0.295 e. The van der Waals surface area contributed by atoms with E-state index in [0.29, 0.717) is 11.1 Å². The molecule has 79 heavy (non-hydrogen) atoms. The zero-order chi connectivity index (χ0) is 54.2. The smallest absolute Gasteiger partial charge is 0.137 e. The van der Waals surface area contributed by atoms with Crippen molar-refractivity contribution in [3.63, 3.8) is 0 Å². The van der Waals surface area contributed by atoms with Gasteiger partial charge in [0.15, 0.2) is 0 Å². The number of nitrogens with zero attached hydrogens (tertiary/aromatic N) is 6. The topological polar surface area (TPSA) is 79.8 Å². The van der Waals surface area contributed by atoms with Gasteiger partial charge in [0.05, 0.1) is 23.3 Å². The lowest BCUT2D eigenvalue weighted by molar-refractivity contribution is 0.660. The van der Waals surface area contributed by atoms with Crippen molar-refractivity contribution in [1.29, 1.82) is 10.5 Å². The fourth-order valence-electron chi connectivity index (χ4n) is 12.5. The van der Waals surface area contributed by atoms with E-state index in [-0.39, 0.29) is 16.2 Å². The van der Waals surface area contributed by atoms with Crippen LogP contribution in [0.3, 0.4) is 0 Å². The Labute approximate surface area is 463 Å². The third-order valence-corrected chi connectivity index (χ3v) is 16.8. The molecule has 0 unspecified atom stereocenters. The number of benzene rings is 8. The Kier molecular flexibility index (Phi) is 11.5. The number of aromatic nitrogens is 2. The first-order chi connectivity index (χ1) is 38.3. The van der Waals surface area contributed by atoms with Gasteiger partial charge in [-0.2, -0.15) is 10.5 Å². The minimum Gasteiger partial charge on any atom is -0.295 e. The molecule has 0 fully saturated rings. The molecule has 3 aliphatic carbocycles. The molecule has 0 spiro atoms. The third-order valence-electron chi connectivity index (χ3n) is 16.8. The summed E-state index contributed by atoms with van der Waals surface area (Å²) in [4.78, 5) is 13.8. The Hall–Kier alpha value is -9.88. The monoisotopic (exact) mass is 1020 g/mol. The van der Waals surface area contributed by atoms with Gasteiger partial charge in [0, 0.05) is 51.4 Å². The van der Waals surface area contributed by atoms with Crippen LogP contribution in [-0.4, -0.2) is 9.97 Å². The van der Waals surface area contributed by atoms with Gasteiger partial charge < -0.3 is 0 Å². The third kappa shape index (κ3) is 8.24. The summed E-state index contributed by atoms with van der Waals surface area (Å²) in [5, 5.41) is 19.0. The van der Waals surface area contributed by atoms with Gasteiger partial charge in [-0.15, -0.1) is 0 Å². The van der Waals surface area contributed by atoms with Gasteiger partial charge >= 0.3 is 0 Å². The molecule has 3 aliphatic rings. The zero-order valence-electron chi connectivity index (χ0n) is 45.1. The highest BCUT2D eigenvalue weighted by Gasteiger charge is 2.39. The second-order valence-electron chi connectivity index (χ2n) is 22.6. The van der Waals surface area contributed by atoms with Gasteiger partial charge in [-0.3, -0.25) is 9.80 Å². The number of anilines is 6. The summed E-state index contributed by atoms with van der Waals surface area (Å²) in [7, 11) is 0.